The van der Waals surface area contributed by atoms with E-state index in [1.54, 1.807) is 0 Å². The molecule has 0 radical (unpaired) electrons. The first-order valence-electron chi connectivity index (χ1n) is 6.42. The van der Waals surface area contributed by atoms with E-state index in [9.17, 15) is 0 Å². The van der Waals surface area contributed by atoms with Crippen LogP contribution >= 0.6 is 0 Å². The van der Waals surface area contributed by atoms with E-state index in [4.69, 9.17) is 0 Å². The van der Waals surface area contributed by atoms with Crippen LogP contribution in [0.4, 0.5) is 0 Å². The molecule has 0 aromatic carbocycles. The fourth-order valence-electron chi connectivity index (χ4n) is 2.50. The van der Waals surface area contributed by atoms with Crippen LogP contribution in [0.3, 0.4) is 0 Å². The third-order valence-electron chi connectivity index (χ3n) is 3.59. The number of allylic oxidation sites excluding steroid dienone is 2. The van der Waals surface area contributed by atoms with Crippen LogP contribution in [0, 0.1) is 5.92 Å². The van der Waals surface area contributed by atoms with E-state index in [0.717, 1.165) is 24.4 Å². The topological polar surface area (TPSA) is 12.0 Å². The fourth-order valence-corrected chi connectivity index (χ4v) is 2.50. The Balaban J connectivity index is 1.77. The Labute approximate surface area is 93.6 Å². The van der Waals surface area contributed by atoms with Crippen molar-refractivity contribution in [1.29, 1.82) is 0 Å². The molecule has 2 atom stereocenters. The minimum Gasteiger partial charge on any atom is -0.311 e. The van der Waals surface area contributed by atoms with E-state index >= 15 is 0 Å². The summed E-state index contributed by atoms with van der Waals surface area (Å²) in [6.45, 7) is 3.82. The zero-order valence-corrected chi connectivity index (χ0v) is 9.62. The lowest BCUT2D eigenvalue weighted by atomic mass is 9.98. The molecule has 0 aromatic rings. The Morgan fingerprint density at radius 3 is 2.80 bits per heavy atom. The molecule has 0 heterocycles. The van der Waals surface area contributed by atoms with Crippen LogP contribution in [-0.2, 0) is 0 Å². The lowest BCUT2D eigenvalue weighted by Crippen LogP contribution is -2.40. The van der Waals surface area contributed by atoms with Crippen molar-refractivity contribution in [1.82, 2.24) is 5.32 Å². The van der Waals surface area contributed by atoms with Crippen molar-refractivity contribution in [3.63, 3.8) is 0 Å². The molecule has 84 valence electrons. The highest BCUT2D eigenvalue weighted by molar-refractivity contribution is 4.96. The summed E-state index contributed by atoms with van der Waals surface area (Å²) in [4.78, 5) is 0. The summed E-state index contributed by atoms with van der Waals surface area (Å²) >= 11 is 0. The molecule has 0 aliphatic heterocycles. The molecule has 2 aliphatic carbocycles. The molecular formula is C14H23N. The molecule has 0 spiro atoms. The second kappa shape index (κ2) is 5.50. The van der Waals surface area contributed by atoms with Crippen LogP contribution in [0.2, 0.25) is 0 Å². The van der Waals surface area contributed by atoms with E-state index in [1.165, 1.54) is 38.5 Å². The maximum atomic E-state index is 3.85. The quantitative estimate of drug-likeness (QED) is 0.655. The van der Waals surface area contributed by atoms with Crippen LogP contribution in [0.1, 0.15) is 44.9 Å². The van der Waals surface area contributed by atoms with Crippen LogP contribution in [0.15, 0.2) is 24.8 Å². The van der Waals surface area contributed by atoms with Gasteiger partial charge in [-0.25, -0.2) is 0 Å². The second-order valence-electron chi connectivity index (χ2n) is 4.96. The van der Waals surface area contributed by atoms with E-state index in [-0.39, 0.29) is 0 Å². The fraction of sp³-hybridized carbons (Fsp3) is 0.714. The first-order chi connectivity index (χ1) is 7.40. The predicted molar refractivity (Wildman–Crippen MR) is 65.9 cm³/mol. The molecule has 2 rings (SSSR count). The standard InChI is InChI=1S/C14H23N/c1-2-3-9-14(12-10-11-12)15-13-7-5-4-6-8-13/h2,4-5,12-15H,1,3,6-11H2. The van der Waals surface area contributed by atoms with Crippen LogP contribution in [0.5, 0.6) is 0 Å². The normalized spacial score (nSPS) is 27.6. The van der Waals surface area contributed by atoms with Gasteiger partial charge in [0.2, 0.25) is 0 Å². The summed E-state index contributed by atoms with van der Waals surface area (Å²) < 4.78 is 0. The van der Waals surface area contributed by atoms with Gasteiger partial charge in [-0.05, 0) is 50.9 Å². The number of hydrogen-bond acceptors (Lipinski definition) is 1. The van der Waals surface area contributed by atoms with Gasteiger partial charge >= 0.3 is 0 Å². The summed E-state index contributed by atoms with van der Waals surface area (Å²) in [7, 11) is 0. The molecule has 0 aromatic heterocycles. The van der Waals surface area contributed by atoms with Gasteiger partial charge in [-0.15, -0.1) is 6.58 Å². The Hall–Kier alpha value is -0.560. The van der Waals surface area contributed by atoms with Gasteiger partial charge in [0.15, 0.2) is 0 Å². The molecule has 0 amide bonds. The van der Waals surface area contributed by atoms with Crippen molar-refractivity contribution < 1.29 is 0 Å². The Bertz CT molecular complexity index is 227. The predicted octanol–water partition coefficient (Wildman–Crippen LogP) is 3.43. The highest BCUT2D eigenvalue weighted by Gasteiger charge is 2.31. The highest BCUT2D eigenvalue weighted by atomic mass is 15.0. The van der Waals surface area contributed by atoms with E-state index in [2.05, 4.69) is 30.1 Å². The first kappa shape index (κ1) is 10.9. The van der Waals surface area contributed by atoms with Gasteiger partial charge in [-0.1, -0.05) is 18.2 Å². The molecule has 2 aliphatic rings. The largest absolute Gasteiger partial charge is 0.311 e. The van der Waals surface area contributed by atoms with E-state index in [0.29, 0.717) is 0 Å². The van der Waals surface area contributed by atoms with Crippen molar-refractivity contribution in [3.8, 4) is 0 Å². The van der Waals surface area contributed by atoms with E-state index in [1.807, 2.05) is 0 Å². The summed E-state index contributed by atoms with van der Waals surface area (Å²) in [6.07, 6.45) is 15.9. The minimum atomic E-state index is 0.741. The third-order valence-corrected chi connectivity index (χ3v) is 3.59. The Morgan fingerprint density at radius 2 is 2.20 bits per heavy atom. The van der Waals surface area contributed by atoms with Crippen LogP contribution in [-0.4, -0.2) is 12.1 Å². The Kier molecular flexibility index (Phi) is 4.01. The molecular weight excluding hydrogens is 182 g/mol. The van der Waals surface area contributed by atoms with E-state index < -0.39 is 0 Å². The molecule has 1 nitrogen and oxygen atoms in total. The SMILES string of the molecule is C=CCCC(NC1CC=CCC1)C1CC1. The van der Waals surface area contributed by atoms with Gasteiger partial charge in [0, 0.05) is 12.1 Å². The summed E-state index contributed by atoms with van der Waals surface area (Å²) in [6, 6.07) is 1.50. The van der Waals surface area contributed by atoms with Gasteiger partial charge in [-0.3, -0.25) is 0 Å². The second-order valence-corrected chi connectivity index (χ2v) is 4.96. The average molecular weight is 205 g/mol. The summed E-state index contributed by atoms with van der Waals surface area (Å²) in [5.74, 6) is 0.968. The smallest absolute Gasteiger partial charge is 0.0107 e. The number of hydrogen-bond donors (Lipinski definition) is 1. The van der Waals surface area contributed by atoms with Gasteiger partial charge in [0.1, 0.15) is 0 Å². The minimum absolute atomic E-state index is 0.741. The van der Waals surface area contributed by atoms with Gasteiger partial charge < -0.3 is 5.32 Å². The summed E-state index contributed by atoms with van der Waals surface area (Å²) in [5, 5.41) is 3.85. The zero-order valence-electron chi connectivity index (χ0n) is 9.62. The number of rotatable bonds is 6. The molecule has 1 fully saturated rings. The molecule has 2 unspecified atom stereocenters. The number of nitrogens with one attached hydrogen (secondary N) is 1. The van der Waals surface area contributed by atoms with Gasteiger partial charge in [-0.2, -0.15) is 0 Å². The van der Waals surface area contributed by atoms with Crippen molar-refractivity contribution in [2.75, 3.05) is 0 Å². The van der Waals surface area contributed by atoms with Gasteiger partial charge in [0.25, 0.3) is 0 Å². The zero-order chi connectivity index (χ0) is 10.5. The average Bonchev–Trinajstić information content (AvgIpc) is 3.09. The monoisotopic (exact) mass is 205 g/mol. The maximum Gasteiger partial charge on any atom is 0.0107 e. The molecule has 0 bridgehead atoms. The van der Waals surface area contributed by atoms with Crippen molar-refractivity contribution >= 4 is 0 Å². The molecule has 15 heavy (non-hydrogen) atoms. The molecule has 1 N–H and O–H groups in total. The van der Waals surface area contributed by atoms with Crippen molar-refractivity contribution in [3.05, 3.63) is 24.8 Å². The van der Waals surface area contributed by atoms with Crippen LogP contribution < -0.4 is 5.32 Å². The van der Waals surface area contributed by atoms with Crippen molar-refractivity contribution in [2.24, 2.45) is 5.92 Å². The molecule has 1 saturated carbocycles. The highest BCUT2D eigenvalue weighted by Crippen LogP contribution is 2.35. The van der Waals surface area contributed by atoms with Crippen LogP contribution in [0.25, 0.3) is 0 Å². The molecule has 0 saturated heterocycles. The Morgan fingerprint density at radius 1 is 1.33 bits per heavy atom. The first-order valence-corrected chi connectivity index (χ1v) is 6.42. The third kappa shape index (κ3) is 3.49. The van der Waals surface area contributed by atoms with Gasteiger partial charge in [0.05, 0.1) is 0 Å². The maximum absolute atomic E-state index is 3.85. The molecule has 1 heteroatoms. The lowest BCUT2D eigenvalue weighted by Gasteiger charge is -2.26. The van der Waals surface area contributed by atoms with Crippen molar-refractivity contribution in [2.45, 2.75) is 57.0 Å². The lowest BCUT2D eigenvalue weighted by molar-refractivity contribution is 0.360. The summed E-state index contributed by atoms with van der Waals surface area (Å²) in [5.41, 5.74) is 0.